The number of esters is 2. The van der Waals surface area contributed by atoms with Crippen LogP contribution >= 0.6 is 0 Å². The molecular formula is C93H199N11O12. The Morgan fingerprint density at radius 2 is 0.853 bits per heavy atom. The third kappa shape index (κ3) is 82.7. The normalized spacial score (nSPS) is 13.2. The van der Waals surface area contributed by atoms with Gasteiger partial charge in [0.05, 0.1) is 42.5 Å². The number of allylic oxidation sites excluding steroid dienone is 2. The highest BCUT2D eigenvalue weighted by molar-refractivity contribution is 5.82. The van der Waals surface area contributed by atoms with Crippen molar-refractivity contribution in [2.24, 2.45) is 38.9 Å². The lowest BCUT2D eigenvalue weighted by Crippen LogP contribution is -2.43. The Morgan fingerprint density at radius 3 is 1.20 bits per heavy atom. The largest absolute Gasteiger partial charge is 0.497 e. The summed E-state index contributed by atoms with van der Waals surface area (Å²) in [6, 6.07) is 0. The molecule has 0 saturated carbocycles. The number of unbranched alkanes of at least 4 members (excludes halogenated alkanes) is 1. The molecule has 0 aromatic carbocycles. The lowest BCUT2D eigenvalue weighted by Gasteiger charge is -2.33. The van der Waals surface area contributed by atoms with E-state index in [-0.39, 0.29) is 66.4 Å². The number of hydrogen-bond acceptors (Lipinski definition) is 21. The van der Waals surface area contributed by atoms with Crippen molar-refractivity contribution in [2.75, 3.05) is 215 Å². The van der Waals surface area contributed by atoms with Crippen LogP contribution in [0.5, 0.6) is 0 Å². The molecule has 23 heteroatoms. The number of ether oxygens (including phenoxy) is 5. The van der Waals surface area contributed by atoms with E-state index in [4.69, 9.17) is 38.1 Å². The molecule has 23 nitrogen and oxygen atoms in total. The Morgan fingerprint density at radius 1 is 0.474 bits per heavy atom. The number of rotatable bonds is 43. The summed E-state index contributed by atoms with van der Waals surface area (Å²) in [6.07, 6.45) is 11.5. The molecule has 0 bridgehead atoms. The maximum Gasteiger partial charge on any atom is 0.311 e. The van der Waals surface area contributed by atoms with Crippen LogP contribution in [0.3, 0.4) is 0 Å². The molecule has 698 valence electrons. The van der Waals surface area contributed by atoms with Crippen LogP contribution in [0, 0.1) is 38.9 Å². The molecule has 3 unspecified atom stereocenters. The van der Waals surface area contributed by atoms with Crippen molar-refractivity contribution in [2.45, 2.75) is 264 Å². The molecule has 2 fully saturated rings. The van der Waals surface area contributed by atoms with Crippen molar-refractivity contribution in [3.63, 3.8) is 0 Å². The minimum absolute atomic E-state index is 0. The van der Waals surface area contributed by atoms with Gasteiger partial charge in [0.1, 0.15) is 39.7 Å². The fourth-order valence-electron chi connectivity index (χ4n) is 8.61. The average molecular weight is 1660 g/mol. The summed E-state index contributed by atoms with van der Waals surface area (Å²) in [5.41, 5.74) is 1.63. The topological polar surface area (TPSA) is 228 Å². The number of carbonyl (C=O) groups is 7. The summed E-state index contributed by atoms with van der Waals surface area (Å²) in [7, 11) is 20.0. The second-order valence-electron chi connectivity index (χ2n) is 33.3. The third-order valence-electron chi connectivity index (χ3n) is 20.2. The van der Waals surface area contributed by atoms with Crippen molar-refractivity contribution < 1.29 is 57.2 Å². The molecule has 0 aromatic rings. The number of morpholine rings is 1. The number of nitrogens with zero attached hydrogens (tertiary/aromatic N) is 8. The van der Waals surface area contributed by atoms with Crippen LogP contribution in [-0.4, -0.2) is 310 Å². The lowest BCUT2D eigenvalue weighted by atomic mass is 9.88. The molecule has 2 heterocycles. The Bertz CT molecular complexity index is 2200. The van der Waals surface area contributed by atoms with Gasteiger partial charge in [0, 0.05) is 114 Å². The van der Waals surface area contributed by atoms with Gasteiger partial charge in [-0.15, -0.1) is 13.2 Å². The first kappa shape index (κ1) is 137. The number of likely N-dealkylation sites (N-methyl/N-ethyl adjacent to an activating group) is 5. The maximum atomic E-state index is 12.0. The van der Waals surface area contributed by atoms with E-state index in [1.54, 1.807) is 0 Å². The first-order valence-corrected chi connectivity index (χ1v) is 42.5. The molecule has 3 N–H and O–H groups in total. The van der Waals surface area contributed by atoms with E-state index >= 15 is 0 Å². The summed E-state index contributed by atoms with van der Waals surface area (Å²) in [5, 5.41) is 9.24. The standard InChI is InChI=1S/C13H28N2O2.C11H24N2O.C11H21NO.C11H23NO.C10H20N2.C10H21NO2.C10H21NO.C10H23NO.C2H4.3CH2O.2CH4/c1-8-13(2,3)12(16)17-11(9-14(4)5)10-15(6)7;1-6-11(2,3)10(14)12-8-7-9-13(4)5;1-4-10(2)11(3)9-12-5-7-13-8-6-12;1-7-11(3,4)10(2)13-9-8-12(5)6;1-4-9(2)10(3)12-7-5-11-6-8-12;1-6-10(2,3)9(12)13-8-7-11(4)5;1-5-7-8-11-9(12)10(3,4)6-2;1-5-10(4)12-9-8-11(6-2)7-3;4*1-2;;/h11H,8-10H2,1-7H3;6-9H2,1-5H3,(H,12,14);10H,3-9H2,1-2H3;2,7-9H2,1,3-6H3;9,11H,3-8H2,1-2H3;6-8H2,1-5H3;5-8H2,1-4H3,(H,11,12);10H,5-9H2,1-4H3;1-2H2;3*1H2;2*1H4. The quantitative estimate of drug-likeness (QED) is 0.0223. The molecule has 2 amide bonds. The molecule has 2 rings (SSSR count). The van der Waals surface area contributed by atoms with Gasteiger partial charge in [0.15, 0.2) is 0 Å². The van der Waals surface area contributed by atoms with E-state index in [9.17, 15) is 19.2 Å². The fourth-order valence-corrected chi connectivity index (χ4v) is 8.61. The van der Waals surface area contributed by atoms with Gasteiger partial charge in [-0.25, -0.2) is 0 Å². The summed E-state index contributed by atoms with van der Waals surface area (Å²) < 4.78 is 27.2. The monoisotopic (exact) mass is 1660 g/mol. The molecule has 0 spiro atoms. The second kappa shape index (κ2) is 86.4. The van der Waals surface area contributed by atoms with Crippen molar-refractivity contribution in [3.8, 4) is 0 Å². The van der Waals surface area contributed by atoms with Gasteiger partial charge in [-0.05, 0) is 201 Å². The number of piperazine rings is 1. The molecular weight excluding hydrogens is 1460 g/mol. The van der Waals surface area contributed by atoms with E-state index in [0.717, 1.165) is 201 Å². The highest BCUT2D eigenvalue weighted by atomic mass is 16.5. The Kier molecular flexibility index (Phi) is 102. The van der Waals surface area contributed by atoms with E-state index in [0.29, 0.717) is 24.5 Å². The summed E-state index contributed by atoms with van der Waals surface area (Å²) in [4.78, 5) is 88.0. The van der Waals surface area contributed by atoms with Crippen LogP contribution < -0.4 is 16.0 Å². The zero-order valence-electron chi connectivity index (χ0n) is 81.3. The van der Waals surface area contributed by atoms with Crippen molar-refractivity contribution in [1.82, 2.24) is 55.1 Å². The zero-order valence-corrected chi connectivity index (χ0v) is 81.3. The second-order valence-corrected chi connectivity index (χ2v) is 33.3. The van der Waals surface area contributed by atoms with Gasteiger partial charge in [0.25, 0.3) is 0 Å². The molecule has 0 radical (unpaired) electrons. The first-order chi connectivity index (χ1) is 53.2. The van der Waals surface area contributed by atoms with Gasteiger partial charge >= 0.3 is 11.9 Å². The van der Waals surface area contributed by atoms with Crippen LogP contribution in [0.2, 0.25) is 0 Å². The van der Waals surface area contributed by atoms with Crippen molar-refractivity contribution >= 4 is 44.1 Å². The lowest BCUT2D eigenvalue weighted by molar-refractivity contribution is -0.161. The van der Waals surface area contributed by atoms with E-state index in [2.05, 4.69) is 156 Å². The highest BCUT2D eigenvalue weighted by Gasteiger charge is 2.31. The van der Waals surface area contributed by atoms with Gasteiger partial charge < -0.3 is 88.3 Å². The molecule has 2 saturated heterocycles. The van der Waals surface area contributed by atoms with Crippen LogP contribution in [0.25, 0.3) is 0 Å². The van der Waals surface area contributed by atoms with Crippen LogP contribution in [-0.2, 0) is 57.2 Å². The third-order valence-corrected chi connectivity index (χ3v) is 20.2. The minimum atomic E-state index is -0.392. The van der Waals surface area contributed by atoms with Crippen molar-refractivity contribution in [3.05, 3.63) is 49.9 Å². The fraction of sp³-hybridized carbons (Fsp3) is 0.839. The Balaban J connectivity index is -0.000000105. The van der Waals surface area contributed by atoms with Gasteiger partial charge in [0.2, 0.25) is 11.8 Å². The molecule has 116 heavy (non-hydrogen) atoms. The zero-order chi connectivity index (χ0) is 91.5. The summed E-state index contributed by atoms with van der Waals surface area (Å²) >= 11 is 0. The van der Waals surface area contributed by atoms with E-state index in [1.165, 1.54) is 24.1 Å². The van der Waals surface area contributed by atoms with Gasteiger partial charge in [-0.2, -0.15) is 0 Å². The average Bonchev–Trinajstić information content (AvgIpc) is 0.868. The number of nitrogens with one attached hydrogen (secondary N) is 3. The molecule has 3 atom stereocenters. The summed E-state index contributed by atoms with van der Waals surface area (Å²) in [5.74, 6) is 2.34. The first-order valence-electron chi connectivity index (χ1n) is 42.5. The molecule has 2 aliphatic heterocycles. The minimum Gasteiger partial charge on any atom is -0.497 e. The van der Waals surface area contributed by atoms with Gasteiger partial charge in [-0.1, -0.05) is 178 Å². The van der Waals surface area contributed by atoms with Crippen LogP contribution in [0.15, 0.2) is 49.9 Å². The van der Waals surface area contributed by atoms with Crippen LogP contribution in [0.4, 0.5) is 0 Å². The molecule has 0 aromatic heterocycles. The Hall–Kier alpha value is -4.95. The smallest absolute Gasteiger partial charge is 0.311 e. The molecule has 2 aliphatic rings. The SMILES string of the molecule is C.C.C=C.C=C(C(C)CC)N1CCNCC1.C=C(CN1CCOCC1)C(C)CC.C=C(OCCN(C)C)C(C)(C)CC.C=O.C=O.C=O.CCC(C)(C)C(=O)NCCCN(C)C.CCC(C)(C)C(=O)OC(CN(C)C)CN(C)C.CCC(C)(C)C(=O)OCCN(C)C.CCC(C)OCCN(CC)CC.CCCCNC(=O)C(C)(C)CC. The highest BCUT2D eigenvalue weighted by Crippen LogP contribution is 2.29. The Labute approximate surface area is 720 Å². The maximum absolute atomic E-state index is 12.0. The summed E-state index contributed by atoms with van der Waals surface area (Å²) in [6.45, 7) is 94.8. The van der Waals surface area contributed by atoms with E-state index < -0.39 is 5.41 Å². The van der Waals surface area contributed by atoms with Crippen LogP contribution in [0.1, 0.15) is 252 Å². The van der Waals surface area contributed by atoms with E-state index in [1.807, 2.05) is 189 Å². The number of carbonyl (C=O) groups excluding carboxylic acids is 7. The molecule has 0 aliphatic carbocycles. The predicted molar refractivity (Wildman–Crippen MR) is 503 cm³/mol. The number of amides is 2. The van der Waals surface area contributed by atoms with Crippen molar-refractivity contribution in [1.29, 1.82) is 0 Å². The van der Waals surface area contributed by atoms with Gasteiger partial charge in [-0.3, -0.25) is 24.1 Å². The predicted octanol–water partition coefficient (Wildman–Crippen LogP) is 16.4. The number of hydrogen-bond donors (Lipinski definition) is 3.